The molecule has 1 N–H and O–H groups in total. The van der Waals surface area contributed by atoms with Crippen LogP contribution in [0.5, 0.6) is 0 Å². The number of thiophene rings is 1. The zero-order valence-corrected chi connectivity index (χ0v) is 15.2. The molecule has 134 valence electrons. The van der Waals surface area contributed by atoms with Crippen LogP contribution in [0.15, 0.2) is 29.8 Å². The number of carbonyl (C=O) groups is 3. The number of nitrogens with one attached hydrogen (secondary N) is 1. The molecular weight excluding hydrogens is 342 g/mol. The molecule has 2 aromatic rings. The first-order valence-corrected chi connectivity index (χ1v) is 8.87. The van der Waals surface area contributed by atoms with Gasteiger partial charge in [0.15, 0.2) is 11.9 Å². The summed E-state index contributed by atoms with van der Waals surface area (Å²) in [6.45, 7) is 5.37. The van der Waals surface area contributed by atoms with Gasteiger partial charge in [0, 0.05) is 18.5 Å². The molecule has 7 nitrogen and oxygen atoms in total. The van der Waals surface area contributed by atoms with E-state index in [9.17, 15) is 14.4 Å². The van der Waals surface area contributed by atoms with Gasteiger partial charge in [0.1, 0.15) is 5.82 Å². The Balaban J connectivity index is 1.81. The highest BCUT2D eigenvalue weighted by atomic mass is 32.1. The van der Waals surface area contributed by atoms with Gasteiger partial charge in [-0.3, -0.25) is 14.4 Å². The minimum absolute atomic E-state index is 0.0573. The van der Waals surface area contributed by atoms with Crippen LogP contribution in [-0.4, -0.2) is 33.5 Å². The average Bonchev–Trinajstić information content (AvgIpc) is 3.23. The molecule has 0 bridgehead atoms. The van der Waals surface area contributed by atoms with E-state index >= 15 is 0 Å². The summed E-state index contributed by atoms with van der Waals surface area (Å²) in [5.74, 6) is -0.592. The number of anilines is 1. The molecule has 1 atom stereocenters. The fourth-order valence-electron chi connectivity index (χ4n) is 2.14. The van der Waals surface area contributed by atoms with Crippen molar-refractivity contribution < 1.29 is 19.1 Å². The van der Waals surface area contributed by atoms with E-state index in [1.54, 1.807) is 34.5 Å². The van der Waals surface area contributed by atoms with Gasteiger partial charge in [0.2, 0.25) is 0 Å². The molecule has 0 unspecified atom stereocenters. The maximum atomic E-state index is 12.2. The molecule has 2 aromatic heterocycles. The Kier molecular flexibility index (Phi) is 6.46. The van der Waals surface area contributed by atoms with Crippen LogP contribution in [0.3, 0.4) is 0 Å². The Bertz CT molecular complexity index is 737. The van der Waals surface area contributed by atoms with Gasteiger partial charge in [-0.25, -0.2) is 4.68 Å². The van der Waals surface area contributed by atoms with Crippen molar-refractivity contribution in [1.82, 2.24) is 9.78 Å². The van der Waals surface area contributed by atoms with Crippen molar-refractivity contribution in [3.63, 3.8) is 0 Å². The number of hydrogen-bond acceptors (Lipinski definition) is 6. The van der Waals surface area contributed by atoms with Gasteiger partial charge in [0.25, 0.3) is 5.91 Å². The number of ether oxygens (including phenoxy) is 1. The monoisotopic (exact) mass is 363 g/mol. The van der Waals surface area contributed by atoms with Crippen LogP contribution < -0.4 is 5.32 Å². The van der Waals surface area contributed by atoms with E-state index in [0.717, 1.165) is 0 Å². The summed E-state index contributed by atoms with van der Waals surface area (Å²) in [6.07, 6.45) is 0.633. The normalized spacial score (nSPS) is 12.0. The standard InChI is InChI=1S/C17H21N3O4S/c1-11(2)20-15(8-9-18-20)19-17(23)12(3)24-16(22)7-6-13(21)14-5-4-10-25-14/h4-5,8-12H,6-7H2,1-3H3,(H,19,23)/t12-/m1/s1. The van der Waals surface area contributed by atoms with Crippen molar-refractivity contribution in [2.45, 2.75) is 45.8 Å². The predicted octanol–water partition coefficient (Wildman–Crippen LogP) is 3.06. The number of rotatable bonds is 8. The molecule has 0 aliphatic rings. The first kappa shape index (κ1) is 18.9. The van der Waals surface area contributed by atoms with Crippen molar-refractivity contribution >= 4 is 34.8 Å². The maximum Gasteiger partial charge on any atom is 0.307 e. The average molecular weight is 363 g/mol. The van der Waals surface area contributed by atoms with Crippen LogP contribution in [-0.2, 0) is 14.3 Å². The maximum absolute atomic E-state index is 12.2. The van der Waals surface area contributed by atoms with Crippen LogP contribution in [0.25, 0.3) is 0 Å². The third-order valence-corrected chi connectivity index (χ3v) is 4.35. The molecule has 0 saturated carbocycles. The van der Waals surface area contributed by atoms with E-state index in [1.807, 2.05) is 13.8 Å². The van der Waals surface area contributed by atoms with Crippen molar-refractivity contribution in [2.75, 3.05) is 5.32 Å². The van der Waals surface area contributed by atoms with Gasteiger partial charge < -0.3 is 10.1 Å². The third-order valence-electron chi connectivity index (χ3n) is 3.44. The quantitative estimate of drug-likeness (QED) is 0.575. The zero-order chi connectivity index (χ0) is 18.4. The zero-order valence-electron chi connectivity index (χ0n) is 14.4. The van der Waals surface area contributed by atoms with Gasteiger partial charge in [-0.15, -0.1) is 11.3 Å². The summed E-state index contributed by atoms with van der Waals surface area (Å²) >= 11 is 1.33. The highest BCUT2D eigenvalue weighted by Gasteiger charge is 2.20. The summed E-state index contributed by atoms with van der Waals surface area (Å²) < 4.78 is 6.76. The van der Waals surface area contributed by atoms with E-state index in [2.05, 4.69) is 10.4 Å². The molecule has 1 amide bonds. The summed E-state index contributed by atoms with van der Waals surface area (Å²) in [5, 5.41) is 8.61. The lowest BCUT2D eigenvalue weighted by Gasteiger charge is -2.15. The fourth-order valence-corrected chi connectivity index (χ4v) is 2.83. The summed E-state index contributed by atoms with van der Waals surface area (Å²) in [5.41, 5.74) is 0. The van der Waals surface area contributed by atoms with Gasteiger partial charge in [-0.2, -0.15) is 5.10 Å². The van der Waals surface area contributed by atoms with E-state index in [0.29, 0.717) is 10.7 Å². The van der Waals surface area contributed by atoms with Crippen molar-refractivity contribution in [3.8, 4) is 0 Å². The van der Waals surface area contributed by atoms with E-state index in [1.165, 1.54) is 18.3 Å². The minimum Gasteiger partial charge on any atom is -0.453 e. The number of carbonyl (C=O) groups excluding carboxylic acids is 3. The van der Waals surface area contributed by atoms with E-state index in [-0.39, 0.29) is 24.7 Å². The number of aromatic nitrogens is 2. The molecule has 2 rings (SSSR count). The predicted molar refractivity (Wildman–Crippen MR) is 94.7 cm³/mol. The first-order valence-electron chi connectivity index (χ1n) is 7.99. The molecule has 0 saturated heterocycles. The number of ketones is 1. The Labute approximate surface area is 150 Å². The summed E-state index contributed by atoms with van der Waals surface area (Å²) in [4.78, 5) is 36.5. The van der Waals surface area contributed by atoms with Crippen LogP contribution in [0.2, 0.25) is 0 Å². The lowest BCUT2D eigenvalue weighted by molar-refractivity contribution is -0.153. The molecule has 0 aliphatic carbocycles. The van der Waals surface area contributed by atoms with E-state index in [4.69, 9.17) is 4.74 Å². The topological polar surface area (TPSA) is 90.3 Å². The second-order valence-electron chi connectivity index (χ2n) is 5.78. The second kappa shape index (κ2) is 8.57. The summed E-state index contributed by atoms with van der Waals surface area (Å²) in [7, 11) is 0. The number of hydrogen-bond donors (Lipinski definition) is 1. The van der Waals surface area contributed by atoms with Crippen LogP contribution in [0, 0.1) is 0 Å². The smallest absolute Gasteiger partial charge is 0.307 e. The Hall–Kier alpha value is -2.48. The van der Waals surface area contributed by atoms with Gasteiger partial charge in [-0.05, 0) is 32.2 Å². The lowest BCUT2D eigenvalue weighted by atomic mass is 10.2. The molecule has 8 heteroatoms. The minimum atomic E-state index is -0.958. The fraction of sp³-hybridized carbons (Fsp3) is 0.412. The second-order valence-corrected chi connectivity index (χ2v) is 6.72. The number of nitrogens with zero attached hydrogens (tertiary/aromatic N) is 2. The van der Waals surface area contributed by atoms with Crippen molar-refractivity contribution in [2.24, 2.45) is 0 Å². The summed E-state index contributed by atoms with van der Waals surface area (Å²) in [6, 6.07) is 5.26. The van der Waals surface area contributed by atoms with Crippen LogP contribution in [0.1, 0.15) is 49.3 Å². The number of Topliss-reactive ketones (excluding diaryl/α,β-unsaturated/α-hetero) is 1. The van der Waals surface area contributed by atoms with Crippen molar-refractivity contribution in [1.29, 1.82) is 0 Å². The largest absolute Gasteiger partial charge is 0.453 e. The molecular formula is C17H21N3O4S. The van der Waals surface area contributed by atoms with Gasteiger partial charge in [-0.1, -0.05) is 6.07 Å². The molecule has 0 radical (unpaired) electrons. The van der Waals surface area contributed by atoms with E-state index < -0.39 is 18.0 Å². The highest BCUT2D eigenvalue weighted by Crippen LogP contribution is 2.15. The molecule has 0 spiro atoms. The number of esters is 1. The highest BCUT2D eigenvalue weighted by molar-refractivity contribution is 7.12. The van der Waals surface area contributed by atoms with Crippen LogP contribution >= 0.6 is 11.3 Å². The Morgan fingerprint density at radius 3 is 2.64 bits per heavy atom. The SMILES string of the molecule is CC(C)n1nccc1NC(=O)[C@@H](C)OC(=O)CCC(=O)c1cccs1. The molecule has 2 heterocycles. The molecule has 0 fully saturated rings. The van der Waals surface area contributed by atoms with Crippen molar-refractivity contribution in [3.05, 3.63) is 34.7 Å². The molecule has 25 heavy (non-hydrogen) atoms. The molecule has 0 aromatic carbocycles. The number of amides is 1. The lowest BCUT2D eigenvalue weighted by Crippen LogP contribution is -2.31. The molecule has 0 aliphatic heterocycles. The van der Waals surface area contributed by atoms with Gasteiger partial charge >= 0.3 is 5.97 Å². The van der Waals surface area contributed by atoms with Crippen LogP contribution in [0.4, 0.5) is 5.82 Å². The first-order chi connectivity index (χ1) is 11.9. The third kappa shape index (κ3) is 5.25. The Morgan fingerprint density at radius 1 is 1.24 bits per heavy atom. The Morgan fingerprint density at radius 2 is 2.00 bits per heavy atom. The van der Waals surface area contributed by atoms with Gasteiger partial charge in [0.05, 0.1) is 17.5 Å².